The minimum Gasteiger partial charge on any atom is -0.481 e. The van der Waals surface area contributed by atoms with Gasteiger partial charge in [0.05, 0.1) is 12.5 Å². The molecule has 0 aromatic rings. The fourth-order valence-corrected chi connectivity index (χ4v) is 0.768. The number of hydrogen-bond donors (Lipinski definition) is 2. The minimum atomic E-state index is -0.825. The number of rotatable bonds is 5. The van der Waals surface area contributed by atoms with Crippen molar-refractivity contribution in [3.8, 4) is 0 Å². The molecule has 0 aromatic carbocycles. The van der Waals surface area contributed by atoms with E-state index in [1.165, 1.54) is 6.08 Å². The van der Waals surface area contributed by atoms with E-state index in [0.29, 0.717) is 6.42 Å². The second-order valence-corrected chi connectivity index (χ2v) is 2.69. The zero-order valence-electron chi connectivity index (χ0n) is 7.16. The summed E-state index contributed by atoms with van der Waals surface area (Å²) >= 11 is 0. The third kappa shape index (κ3) is 4.68. The largest absolute Gasteiger partial charge is 0.481 e. The van der Waals surface area contributed by atoms with Crippen LogP contribution in [0.4, 0.5) is 0 Å². The molecule has 0 aromatic heterocycles. The van der Waals surface area contributed by atoms with Crippen LogP contribution in [0.5, 0.6) is 0 Å². The van der Waals surface area contributed by atoms with Crippen molar-refractivity contribution < 1.29 is 15.0 Å². The Labute approximate surface area is 72.0 Å². The SMILES string of the molecule is C=C(/C=C/CO)CC(C)C(=O)O. The molecule has 12 heavy (non-hydrogen) atoms. The lowest BCUT2D eigenvalue weighted by Crippen LogP contribution is -2.09. The highest BCUT2D eigenvalue weighted by molar-refractivity contribution is 5.69. The number of allylic oxidation sites excluding steroid dienone is 2. The normalized spacial score (nSPS) is 13.2. The van der Waals surface area contributed by atoms with Crippen molar-refractivity contribution in [2.45, 2.75) is 13.3 Å². The number of carboxylic acids is 1. The summed E-state index contributed by atoms with van der Waals surface area (Å²) in [6, 6.07) is 0. The molecule has 0 aliphatic carbocycles. The Kier molecular flexibility index (Phi) is 5.04. The lowest BCUT2D eigenvalue weighted by molar-refractivity contribution is -0.141. The summed E-state index contributed by atoms with van der Waals surface area (Å²) in [5, 5.41) is 17.0. The van der Waals surface area contributed by atoms with Gasteiger partial charge >= 0.3 is 5.97 Å². The van der Waals surface area contributed by atoms with Crippen LogP contribution in [0.25, 0.3) is 0 Å². The van der Waals surface area contributed by atoms with Gasteiger partial charge in [-0.1, -0.05) is 31.2 Å². The quantitative estimate of drug-likeness (QED) is 0.609. The molecule has 0 radical (unpaired) electrons. The third-order valence-electron chi connectivity index (χ3n) is 1.45. The van der Waals surface area contributed by atoms with Crippen molar-refractivity contribution in [1.82, 2.24) is 0 Å². The Balaban J connectivity index is 3.84. The second kappa shape index (κ2) is 5.55. The fourth-order valence-electron chi connectivity index (χ4n) is 0.768. The van der Waals surface area contributed by atoms with E-state index in [2.05, 4.69) is 6.58 Å². The van der Waals surface area contributed by atoms with Gasteiger partial charge in [0.25, 0.3) is 0 Å². The Morgan fingerprint density at radius 1 is 1.67 bits per heavy atom. The number of aliphatic carboxylic acids is 1. The molecule has 3 nitrogen and oxygen atoms in total. The molecular weight excluding hydrogens is 156 g/mol. The first kappa shape index (κ1) is 10.9. The average Bonchev–Trinajstić information content (AvgIpc) is 2.00. The highest BCUT2D eigenvalue weighted by Gasteiger charge is 2.10. The summed E-state index contributed by atoms with van der Waals surface area (Å²) < 4.78 is 0. The maximum Gasteiger partial charge on any atom is 0.306 e. The van der Waals surface area contributed by atoms with Crippen LogP contribution in [0.1, 0.15) is 13.3 Å². The molecule has 1 atom stereocenters. The molecule has 1 unspecified atom stereocenters. The summed E-state index contributed by atoms with van der Waals surface area (Å²) in [6.45, 7) is 5.24. The molecule has 3 heteroatoms. The highest BCUT2D eigenvalue weighted by Crippen LogP contribution is 2.10. The summed E-state index contributed by atoms with van der Waals surface area (Å²) in [4.78, 5) is 10.4. The van der Waals surface area contributed by atoms with Gasteiger partial charge in [0.15, 0.2) is 0 Å². The minimum absolute atomic E-state index is 0.0412. The van der Waals surface area contributed by atoms with E-state index in [4.69, 9.17) is 10.2 Å². The fraction of sp³-hybridized carbons (Fsp3) is 0.444. The van der Waals surface area contributed by atoms with Crippen LogP contribution < -0.4 is 0 Å². The van der Waals surface area contributed by atoms with Crippen LogP contribution in [-0.2, 0) is 4.79 Å². The van der Waals surface area contributed by atoms with Crippen molar-refractivity contribution in [2.24, 2.45) is 5.92 Å². The topological polar surface area (TPSA) is 57.5 Å². The molecule has 0 bridgehead atoms. The van der Waals surface area contributed by atoms with Crippen molar-refractivity contribution in [3.63, 3.8) is 0 Å². The number of hydrogen-bond acceptors (Lipinski definition) is 2. The van der Waals surface area contributed by atoms with Crippen LogP contribution in [0.2, 0.25) is 0 Å². The van der Waals surface area contributed by atoms with Crippen molar-refractivity contribution in [1.29, 1.82) is 0 Å². The Hall–Kier alpha value is -1.09. The van der Waals surface area contributed by atoms with Gasteiger partial charge in [-0.3, -0.25) is 4.79 Å². The highest BCUT2D eigenvalue weighted by atomic mass is 16.4. The third-order valence-corrected chi connectivity index (χ3v) is 1.45. The summed E-state index contributed by atoms with van der Waals surface area (Å²) in [6.07, 6.45) is 3.60. The lowest BCUT2D eigenvalue weighted by Gasteiger charge is -2.04. The van der Waals surface area contributed by atoms with Crippen molar-refractivity contribution in [3.05, 3.63) is 24.3 Å². The second-order valence-electron chi connectivity index (χ2n) is 2.69. The van der Waals surface area contributed by atoms with Crippen molar-refractivity contribution >= 4 is 5.97 Å². The number of aliphatic hydroxyl groups excluding tert-OH is 1. The Morgan fingerprint density at radius 3 is 2.67 bits per heavy atom. The Morgan fingerprint density at radius 2 is 2.25 bits per heavy atom. The van der Waals surface area contributed by atoms with Gasteiger partial charge in [0.1, 0.15) is 0 Å². The van der Waals surface area contributed by atoms with Crippen LogP contribution >= 0.6 is 0 Å². The first-order valence-electron chi connectivity index (χ1n) is 3.76. The zero-order valence-corrected chi connectivity index (χ0v) is 7.16. The first-order valence-corrected chi connectivity index (χ1v) is 3.76. The van der Waals surface area contributed by atoms with E-state index in [1.807, 2.05) is 0 Å². The predicted octanol–water partition coefficient (Wildman–Crippen LogP) is 1.20. The van der Waals surface area contributed by atoms with Crippen LogP contribution in [0.15, 0.2) is 24.3 Å². The number of aliphatic hydroxyl groups is 1. The molecule has 0 saturated carbocycles. The molecule has 0 aliphatic rings. The molecule has 0 fully saturated rings. The molecule has 68 valence electrons. The first-order chi connectivity index (χ1) is 5.57. The predicted molar refractivity (Wildman–Crippen MR) is 46.8 cm³/mol. The van der Waals surface area contributed by atoms with E-state index in [-0.39, 0.29) is 6.61 Å². The van der Waals surface area contributed by atoms with E-state index in [9.17, 15) is 4.79 Å². The van der Waals surface area contributed by atoms with Crippen LogP contribution in [0.3, 0.4) is 0 Å². The number of carboxylic acid groups (broad SMARTS) is 1. The molecule has 2 N–H and O–H groups in total. The monoisotopic (exact) mass is 170 g/mol. The smallest absolute Gasteiger partial charge is 0.306 e. The van der Waals surface area contributed by atoms with Crippen LogP contribution in [0, 0.1) is 5.92 Å². The zero-order chi connectivity index (χ0) is 9.56. The molecule has 0 heterocycles. The summed E-state index contributed by atoms with van der Waals surface area (Å²) in [7, 11) is 0. The van der Waals surface area contributed by atoms with Gasteiger partial charge in [0, 0.05) is 0 Å². The number of carbonyl (C=O) groups is 1. The van der Waals surface area contributed by atoms with Gasteiger partial charge in [-0.2, -0.15) is 0 Å². The van der Waals surface area contributed by atoms with Crippen LogP contribution in [-0.4, -0.2) is 22.8 Å². The summed E-state index contributed by atoms with van der Waals surface area (Å²) in [5.74, 6) is -1.24. The molecule has 0 saturated heterocycles. The van der Waals surface area contributed by atoms with E-state index in [0.717, 1.165) is 5.57 Å². The van der Waals surface area contributed by atoms with Crippen molar-refractivity contribution in [2.75, 3.05) is 6.61 Å². The van der Waals surface area contributed by atoms with Gasteiger partial charge < -0.3 is 10.2 Å². The molecule has 0 amide bonds. The average molecular weight is 170 g/mol. The van der Waals surface area contributed by atoms with E-state index < -0.39 is 11.9 Å². The molecule has 0 rings (SSSR count). The van der Waals surface area contributed by atoms with E-state index in [1.54, 1.807) is 13.0 Å². The van der Waals surface area contributed by atoms with Gasteiger partial charge in [-0.15, -0.1) is 0 Å². The van der Waals surface area contributed by atoms with E-state index >= 15 is 0 Å². The Bertz CT molecular complexity index is 194. The standard InChI is InChI=1S/C9H14O3/c1-7(4-3-5-10)6-8(2)9(11)12/h3-4,8,10H,1,5-6H2,2H3,(H,11,12)/b4-3+. The lowest BCUT2D eigenvalue weighted by atomic mass is 10.0. The van der Waals surface area contributed by atoms with Gasteiger partial charge in [0.2, 0.25) is 0 Å². The molecular formula is C9H14O3. The molecule has 0 aliphatic heterocycles. The summed E-state index contributed by atoms with van der Waals surface area (Å²) in [5.41, 5.74) is 0.721. The van der Waals surface area contributed by atoms with Gasteiger partial charge in [-0.05, 0) is 6.42 Å². The van der Waals surface area contributed by atoms with Gasteiger partial charge in [-0.25, -0.2) is 0 Å². The maximum atomic E-state index is 10.4. The molecule has 0 spiro atoms. The maximum absolute atomic E-state index is 10.4.